The Kier molecular flexibility index (Phi) is 4.25. The SMILES string of the molecule is Cc1ccc(C)c(C(Cl)c2c(C)c(C)cc(C)c2C)c1. The number of benzene rings is 2. The quantitative estimate of drug-likeness (QED) is 0.606. The zero-order chi connectivity index (χ0) is 15.0. The fraction of sp³-hybridized carbons (Fsp3) is 0.368. The Morgan fingerprint density at radius 3 is 1.85 bits per heavy atom. The molecule has 1 atom stereocenters. The maximum Gasteiger partial charge on any atom is 0.0843 e. The highest BCUT2D eigenvalue weighted by Crippen LogP contribution is 2.37. The number of halogens is 1. The molecule has 2 aromatic carbocycles. The molecule has 0 aromatic heterocycles. The van der Waals surface area contributed by atoms with Gasteiger partial charge in [0, 0.05) is 0 Å². The summed E-state index contributed by atoms with van der Waals surface area (Å²) in [7, 11) is 0. The van der Waals surface area contributed by atoms with Crippen LogP contribution < -0.4 is 0 Å². The van der Waals surface area contributed by atoms with Crippen molar-refractivity contribution in [3.63, 3.8) is 0 Å². The van der Waals surface area contributed by atoms with Crippen molar-refractivity contribution in [1.82, 2.24) is 0 Å². The van der Waals surface area contributed by atoms with Gasteiger partial charge in [0.15, 0.2) is 0 Å². The van der Waals surface area contributed by atoms with E-state index < -0.39 is 0 Å². The first-order chi connectivity index (χ1) is 9.32. The molecule has 2 rings (SSSR count). The van der Waals surface area contributed by atoms with Crippen LogP contribution in [0.2, 0.25) is 0 Å². The van der Waals surface area contributed by atoms with Crippen molar-refractivity contribution < 1.29 is 0 Å². The van der Waals surface area contributed by atoms with Crippen LogP contribution in [0.4, 0.5) is 0 Å². The molecule has 0 aliphatic heterocycles. The van der Waals surface area contributed by atoms with Gasteiger partial charge in [-0.3, -0.25) is 0 Å². The fourth-order valence-corrected chi connectivity index (χ4v) is 3.38. The molecule has 0 N–H and O–H groups in total. The first-order valence-electron chi connectivity index (χ1n) is 7.11. The standard InChI is InChI=1S/C19H23Cl/c1-11-7-8-12(2)17(9-11)19(20)18-15(5)13(3)10-14(4)16(18)6/h7-10,19H,1-6H3. The van der Waals surface area contributed by atoms with Gasteiger partial charge in [-0.2, -0.15) is 0 Å². The minimum absolute atomic E-state index is 0.0755. The highest BCUT2D eigenvalue weighted by atomic mass is 35.5. The van der Waals surface area contributed by atoms with Gasteiger partial charge in [-0.15, -0.1) is 11.6 Å². The zero-order valence-corrected chi connectivity index (χ0v) is 14.0. The van der Waals surface area contributed by atoms with Gasteiger partial charge < -0.3 is 0 Å². The minimum atomic E-state index is -0.0755. The lowest BCUT2D eigenvalue weighted by atomic mass is 9.88. The first kappa shape index (κ1) is 15.1. The molecule has 0 amide bonds. The largest absolute Gasteiger partial charge is 0.113 e. The number of hydrogen-bond acceptors (Lipinski definition) is 0. The molecule has 0 saturated heterocycles. The van der Waals surface area contributed by atoms with E-state index in [1.807, 2.05) is 0 Å². The third kappa shape index (κ3) is 2.62. The predicted octanol–water partition coefficient (Wildman–Crippen LogP) is 5.87. The Morgan fingerprint density at radius 1 is 0.750 bits per heavy atom. The molecular formula is C19H23Cl. The summed E-state index contributed by atoms with van der Waals surface area (Å²) in [6, 6.07) is 8.77. The number of aryl methyl sites for hydroxylation is 4. The molecule has 0 spiro atoms. The van der Waals surface area contributed by atoms with Gasteiger partial charge in [-0.25, -0.2) is 0 Å². The average Bonchev–Trinajstić information content (AvgIpc) is 2.39. The van der Waals surface area contributed by atoms with E-state index in [-0.39, 0.29) is 5.38 Å². The molecule has 0 radical (unpaired) electrons. The molecule has 1 heteroatoms. The maximum absolute atomic E-state index is 6.86. The van der Waals surface area contributed by atoms with E-state index in [1.54, 1.807) is 0 Å². The summed E-state index contributed by atoms with van der Waals surface area (Å²) in [5.74, 6) is 0. The van der Waals surface area contributed by atoms with Crippen molar-refractivity contribution in [3.05, 3.63) is 68.8 Å². The summed E-state index contributed by atoms with van der Waals surface area (Å²) >= 11 is 6.86. The summed E-state index contributed by atoms with van der Waals surface area (Å²) in [6.45, 7) is 12.9. The van der Waals surface area contributed by atoms with Gasteiger partial charge in [-0.1, -0.05) is 29.8 Å². The van der Waals surface area contributed by atoms with E-state index in [4.69, 9.17) is 11.6 Å². The molecule has 0 aliphatic carbocycles. The average molecular weight is 287 g/mol. The molecule has 0 fully saturated rings. The Balaban J connectivity index is 2.65. The second-order valence-electron chi connectivity index (χ2n) is 5.90. The van der Waals surface area contributed by atoms with Crippen molar-refractivity contribution in [2.24, 2.45) is 0 Å². The van der Waals surface area contributed by atoms with Crippen LogP contribution in [-0.2, 0) is 0 Å². The van der Waals surface area contributed by atoms with Gasteiger partial charge in [-0.05, 0) is 80.5 Å². The highest BCUT2D eigenvalue weighted by molar-refractivity contribution is 6.23. The summed E-state index contributed by atoms with van der Waals surface area (Å²) in [5, 5.41) is -0.0755. The third-order valence-electron chi connectivity index (χ3n) is 4.39. The highest BCUT2D eigenvalue weighted by Gasteiger charge is 2.19. The lowest BCUT2D eigenvalue weighted by Crippen LogP contribution is -2.05. The van der Waals surface area contributed by atoms with Gasteiger partial charge >= 0.3 is 0 Å². The number of rotatable bonds is 2. The van der Waals surface area contributed by atoms with Gasteiger partial charge in [0.1, 0.15) is 0 Å². The molecule has 0 bridgehead atoms. The molecular weight excluding hydrogens is 264 g/mol. The Bertz CT molecular complexity index is 627. The minimum Gasteiger partial charge on any atom is -0.113 e. The lowest BCUT2D eigenvalue weighted by molar-refractivity contribution is 1.03. The van der Waals surface area contributed by atoms with Gasteiger partial charge in [0.2, 0.25) is 0 Å². The monoisotopic (exact) mass is 286 g/mol. The Hall–Kier alpha value is -1.27. The lowest BCUT2D eigenvalue weighted by Gasteiger charge is -2.21. The third-order valence-corrected chi connectivity index (χ3v) is 4.84. The van der Waals surface area contributed by atoms with E-state index in [0.717, 1.165) is 0 Å². The smallest absolute Gasteiger partial charge is 0.0843 e. The maximum atomic E-state index is 6.86. The Labute approximate surface area is 127 Å². The second-order valence-corrected chi connectivity index (χ2v) is 6.33. The van der Waals surface area contributed by atoms with Crippen LogP contribution in [0.3, 0.4) is 0 Å². The van der Waals surface area contributed by atoms with Crippen molar-refractivity contribution in [1.29, 1.82) is 0 Å². The van der Waals surface area contributed by atoms with Crippen molar-refractivity contribution in [3.8, 4) is 0 Å². The normalized spacial score (nSPS) is 12.6. The second kappa shape index (κ2) is 5.61. The molecule has 2 aromatic rings. The van der Waals surface area contributed by atoms with E-state index in [1.165, 1.54) is 44.5 Å². The van der Waals surface area contributed by atoms with Crippen molar-refractivity contribution in [2.75, 3.05) is 0 Å². The van der Waals surface area contributed by atoms with Crippen LogP contribution in [0.5, 0.6) is 0 Å². The van der Waals surface area contributed by atoms with Crippen LogP contribution >= 0.6 is 11.6 Å². The topological polar surface area (TPSA) is 0 Å². The number of hydrogen-bond donors (Lipinski definition) is 0. The Morgan fingerprint density at radius 2 is 1.30 bits per heavy atom. The molecule has 0 aliphatic rings. The van der Waals surface area contributed by atoms with E-state index in [9.17, 15) is 0 Å². The summed E-state index contributed by atoms with van der Waals surface area (Å²) < 4.78 is 0. The van der Waals surface area contributed by atoms with E-state index >= 15 is 0 Å². The van der Waals surface area contributed by atoms with E-state index in [0.29, 0.717) is 0 Å². The number of alkyl halides is 1. The predicted molar refractivity (Wildman–Crippen MR) is 89.0 cm³/mol. The van der Waals surface area contributed by atoms with Crippen LogP contribution in [0.1, 0.15) is 49.9 Å². The fourth-order valence-electron chi connectivity index (χ4n) is 2.82. The van der Waals surface area contributed by atoms with Crippen molar-refractivity contribution in [2.45, 2.75) is 46.9 Å². The van der Waals surface area contributed by atoms with Gasteiger partial charge in [0.05, 0.1) is 5.38 Å². The summed E-state index contributed by atoms with van der Waals surface area (Å²) in [4.78, 5) is 0. The van der Waals surface area contributed by atoms with E-state index in [2.05, 4.69) is 65.8 Å². The summed E-state index contributed by atoms with van der Waals surface area (Å²) in [6.07, 6.45) is 0. The molecule has 106 valence electrons. The van der Waals surface area contributed by atoms with Gasteiger partial charge in [0.25, 0.3) is 0 Å². The molecule has 20 heavy (non-hydrogen) atoms. The van der Waals surface area contributed by atoms with Crippen LogP contribution in [0.25, 0.3) is 0 Å². The molecule has 1 unspecified atom stereocenters. The van der Waals surface area contributed by atoms with Crippen LogP contribution in [-0.4, -0.2) is 0 Å². The molecule has 0 heterocycles. The van der Waals surface area contributed by atoms with Crippen molar-refractivity contribution >= 4 is 11.6 Å². The zero-order valence-electron chi connectivity index (χ0n) is 13.3. The summed E-state index contributed by atoms with van der Waals surface area (Å²) in [5.41, 5.74) is 10.3. The van der Waals surface area contributed by atoms with Crippen LogP contribution in [0, 0.1) is 41.5 Å². The molecule has 0 nitrogen and oxygen atoms in total. The molecule has 0 saturated carbocycles. The first-order valence-corrected chi connectivity index (χ1v) is 7.55. The van der Waals surface area contributed by atoms with Crippen LogP contribution in [0.15, 0.2) is 24.3 Å².